The lowest BCUT2D eigenvalue weighted by atomic mass is 10.3. The fourth-order valence-electron chi connectivity index (χ4n) is 0.769. The molecule has 84 valence electrons. The van der Waals surface area contributed by atoms with Gasteiger partial charge in [0.1, 0.15) is 12.7 Å². The first-order valence-corrected chi connectivity index (χ1v) is 4.09. The highest BCUT2D eigenvalue weighted by Crippen LogP contribution is 1.94. The van der Waals surface area contributed by atoms with E-state index in [1.165, 1.54) is 0 Å². The van der Waals surface area contributed by atoms with Gasteiger partial charge in [-0.15, -0.1) is 24.0 Å². The van der Waals surface area contributed by atoms with E-state index in [-0.39, 0.29) is 30.6 Å². The van der Waals surface area contributed by atoms with Crippen molar-refractivity contribution in [2.75, 3.05) is 27.2 Å². The van der Waals surface area contributed by atoms with Crippen molar-refractivity contribution < 1.29 is 14.6 Å². The summed E-state index contributed by atoms with van der Waals surface area (Å²) in [7, 11) is 3.67. The maximum atomic E-state index is 10.9. The lowest BCUT2D eigenvalue weighted by Crippen LogP contribution is -2.30. The van der Waals surface area contributed by atoms with Crippen LogP contribution in [0, 0.1) is 0 Å². The van der Waals surface area contributed by atoms with Crippen molar-refractivity contribution in [3.8, 4) is 0 Å². The summed E-state index contributed by atoms with van der Waals surface area (Å²) < 4.78 is 4.75. The van der Waals surface area contributed by atoms with E-state index in [1.807, 2.05) is 19.0 Å². The minimum atomic E-state index is -0.640. The Kier molecular flexibility index (Phi) is 9.53. The van der Waals surface area contributed by atoms with Crippen LogP contribution in [0.3, 0.4) is 0 Å². The van der Waals surface area contributed by atoms with Crippen molar-refractivity contribution in [2.45, 2.75) is 13.0 Å². The third-order valence-electron chi connectivity index (χ3n) is 1.33. The Balaban J connectivity index is 0. The molecule has 0 aliphatic rings. The van der Waals surface area contributed by atoms with Crippen molar-refractivity contribution in [3.05, 3.63) is 12.2 Å². The molecule has 1 unspecified atom stereocenters. The highest BCUT2D eigenvalue weighted by atomic mass is 127. The van der Waals surface area contributed by atoms with E-state index in [9.17, 15) is 9.90 Å². The molecule has 0 radical (unpaired) electrons. The van der Waals surface area contributed by atoms with E-state index in [4.69, 9.17) is 4.74 Å². The zero-order chi connectivity index (χ0) is 10.4. The van der Waals surface area contributed by atoms with Crippen LogP contribution in [-0.4, -0.2) is 49.3 Å². The molecule has 0 saturated heterocycles. The first-order chi connectivity index (χ1) is 5.93. The minimum absolute atomic E-state index is 0. The molecule has 1 N–H and O–H groups in total. The van der Waals surface area contributed by atoms with Gasteiger partial charge >= 0.3 is 5.97 Å². The van der Waals surface area contributed by atoms with Gasteiger partial charge in [-0.1, -0.05) is 6.58 Å². The minimum Gasteiger partial charge on any atom is -0.460 e. The number of ether oxygens (including phenoxy) is 1. The largest absolute Gasteiger partial charge is 0.460 e. The Labute approximate surface area is 102 Å². The standard InChI is InChI=1S/C9H17NO3.HI/c1-7(2)9(12)13-6-8(11)5-10(3)4;/h8,11H,1,5-6H2,2-4H3;1H. The molecule has 0 rings (SSSR count). The molecule has 4 nitrogen and oxygen atoms in total. The van der Waals surface area contributed by atoms with Crippen molar-refractivity contribution in [3.63, 3.8) is 0 Å². The summed E-state index contributed by atoms with van der Waals surface area (Å²) >= 11 is 0. The summed E-state index contributed by atoms with van der Waals surface area (Å²) in [5.41, 5.74) is 0.344. The van der Waals surface area contributed by atoms with Crippen LogP contribution in [-0.2, 0) is 9.53 Å². The number of aliphatic hydroxyl groups is 1. The van der Waals surface area contributed by atoms with Crippen LogP contribution < -0.4 is 0 Å². The zero-order valence-corrected chi connectivity index (χ0v) is 11.1. The molecule has 0 bridgehead atoms. The van der Waals surface area contributed by atoms with Gasteiger partial charge in [-0.05, 0) is 21.0 Å². The molecule has 0 spiro atoms. The molecule has 0 saturated carbocycles. The number of esters is 1. The molecule has 5 heteroatoms. The molecule has 0 fully saturated rings. The fourth-order valence-corrected chi connectivity index (χ4v) is 0.769. The molecule has 0 heterocycles. The topological polar surface area (TPSA) is 49.8 Å². The Morgan fingerprint density at radius 3 is 2.43 bits per heavy atom. The first-order valence-electron chi connectivity index (χ1n) is 4.09. The smallest absolute Gasteiger partial charge is 0.333 e. The highest BCUT2D eigenvalue weighted by Gasteiger charge is 2.09. The second-order valence-corrected chi connectivity index (χ2v) is 3.29. The van der Waals surface area contributed by atoms with Gasteiger partial charge in [0.05, 0.1) is 0 Å². The Morgan fingerprint density at radius 2 is 2.07 bits per heavy atom. The van der Waals surface area contributed by atoms with Crippen LogP contribution in [0.1, 0.15) is 6.92 Å². The molecule has 0 aromatic rings. The number of aliphatic hydroxyl groups excluding tert-OH is 1. The molecule has 14 heavy (non-hydrogen) atoms. The maximum Gasteiger partial charge on any atom is 0.333 e. The number of nitrogens with zero attached hydrogens (tertiary/aromatic N) is 1. The van der Waals surface area contributed by atoms with Gasteiger partial charge in [0.2, 0.25) is 0 Å². The number of hydrogen-bond acceptors (Lipinski definition) is 4. The SMILES string of the molecule is C=C(C)C(=O)OCC(O)CN(C)C.I. The van der Waals surface area contributed by atoms with Crippen molar-refractivity contribution in [1.29, 1.82) is 0 Å². The van der Waals surface area contributed by atoms with Gasteiger partial charge in [-0.25, -0.2) is 4.79 Å². The summed E-state index contributed by atoms with van der Waals surface area (Å²) in [6, 6.07) is 0. The number of hydrogen-bond donors (Lipinski definition) is 1. The van der Waals surface area contributed by atoms with Gasteiger partial charge in [-0.3, -0.25) is 0 Å². The number of rotatable bonds is 5. The molecular formula is C9H18INO3. The van der Waals surface area contributed by atoms with E-state index in [0.29, 0.717) is 12.1 Å². The van der Waals surface area contributed by atoms with Crippen LogP contribution >= 0.6 is 24.0 Å². The zero-order valence-electron chi connectivity index (χ0n) is 8.82. The Morgan fingerprint density at radius 1 is 1.57 bits per heavy atom. The number of halogens is 1. The quantitative estimate of drug-likeness (QED) is 0.460. The van der Waals surface area contributed by atoms with Crippen LogP contribution in [0.4, 0.5) is 0 Å². The van der Waals surface area contributed by atoms with Gasteiger partial charge < -0.3 is 14.7 Å². The van der Waals surface area contributed by atoms with Crippen molar-refractivity contribution >= 4 is 29.9 Å². The van der Waals surface area contributed by atoms with Crippen LogP contribution in [0.15, 0.2) is 12.2 Å². The van der Waals surface area contributed by atoms with Gasteiger partial charge in [0, 0.05) is 12.1 Å². The summed E-state index contributed by atoms with van der Waals surface area (Å²) in [4.78, 5) is 12.7. The molecular weight excluding hydrogens is 297 g/mol. The Hall–Kier alpha value is -0.140. The van der Waals surface area contributed by atoms with Crippen LogP contribution in [0.2, 0.25) is 0 Å². The van der Waals surface area contributed by atoms with E-state index in [1.54, 1.807) is 6.92 Å². The van der Waals surface area contributed by atoms with Gasteiger partial charge in [0.25, 0.3) is 0 Å². The third-order valence-corrected chi connectivity index (χ3v) is 1.33. The summed E-state index contributed by atoms with van der Waals surface area (Å²) in [5, 5.41) is 9.30. The summed E-state index contributed by atoms with van der Waals surface area (Å²) in [6.45, 7) is 5.49. The second-order valence-electron chi connectivity index (χ2n) is 3.29. The third kappa shape index (κ3) is 8.46. The summed E-state index contributed by atoms with van der Waals surface area (Å²) in [6.07, 6.45) is -0.640. The van der Waals surface area contributed by atoms with Crippen molar-refractivity contribution in [1.82, 2.24) is 4.90 Å². The maximum absolute atomic E-state index is 10.9. The summed E-state index contributed by atoms with van der Waals surface area (Å²) in [5.74, 6) is -0.460. The fraction of sp³-hybridized carbons (Fsp3) is 0.667. The first kappa shape index (κ1) is 16.3. The molecule has 0 aliphatic carbocycles. The van der Waals surface area contributed by atoms with Crippen molar-refractivity contribution in [2.24, 2.45) is 0 Å². The highest BCUT2D eigenvalue weighted by molar-refractivity contribution is 14.0. The average molecular weight is 315 g/mol. The van der Waals surface area contributed by atoms with Crippen LogP contribution in [0.25, 0.3) is 0 Å². The number of carbonyl (C=O) groups is 1. The van der Waals surface area contributed by atoms with Crippen LogP contribution in [0.5, 0.6) is 0 Å². The van der Waals surface area contributed by atoms with E-state index < -0.39 is 12.1 Å². The number of likely N-dealkylation sites (N-methyl/N-ethyl adjacent to an activating group) is 1. The number of carbonyl (C=O) groups excluding carboxylic acids is 1. The second kappa shape index (κ2) is 8.19. The predicted molar refractivity (Wildman–Crippen MR) is 65.7 cm³/mol. The van der Waals surface area contributed by atoms with E-state index in [2.05, 4.69) is 6.58 Å². The van der Waals surface area contributed by atoms with Gasteiger partial charge in [0.15, 0.2) is 0 Å². The average Bonchev–Trinajstić information content (AvgIpc) is 1.98. The lowest BCUT2D eigenvalue weighted by Gasteiger charge is -2.15. The molecule has 0 aromatic carbocycles. The lowest BCUT2D eigenvalue weighted by molar-refractivity contribution is -0.142. The monoisotopic (exact) mass is 315 g/mol. The Bertz CT molecular complexity index is 194. The van der Waals surface area contributed by atoms with E-state index in [0.717, 1.165) is 0 Å². The molecule has 0 aromatic heterocycles. The predicted octanol–water partition coefficient (Wildman–Crippen LogP) is 0.646. The molecule has 0 amide bonds. The molecule has 1 atom stereocenters. The van der Waals surface area contributed by atoms with Gasteiger partial charge in [-0.2, -0.15) is 0 Å². The molecule has 0 aliphatic heterocycles. The normalized spacial score (nSPS) is 11.8. The van der Waals surface area contributed by atoms with E-state index >= 15 is 0 Å².